The Balaban J connectivity index is 1.61. The zero-order chi connectivity index (χ0) is 18.7. The number of non-ortho nitro benzene ring substituents is 1. The van der Waals surface area contributed by atoms with Crippen LogP contribution in [0.4, 0.5) is 11.4 Å². The van der Waals surface area contributed by atoms with Crippen LogP contribution in [-0.4, -0.2) is 23.4 Å². The third-order valence-electron chi connectivity index (χ3n) is 4.32. The minimum atomic E-state index is -0.536. The van der Waals surface area contributed by atoms with E-state index in [-0.39, 0.29) is 5.69 Å². The molecule has 8 heteroatoms. The fourth-order valence-electron chi connectivity index (χ4n) is 2.92. The number of thiophene rings is 1. The first-order valence-electron chi connectivity index (χ1n) is 8.27. The van der Waals surface area contributed by atoms with Gasteiger partial charge in [0.15, 0.2) is 6.61 Å². The number of nitrogens with zero attached hydrogens (tertiary/aromatic N) is 1. The van der Waals surface area contributed by atoms with Crippen LogP contribution in [0.15, 0.2) is 23.6 Å². The van der Waals surface area contributed by atoms with Crippen molar-refractivity contribution in [3.63, 3.8) is 0 Å². The molecule has 136 valence electrons. The van der Waals surface area contributed by atoms with Crippen LogP contribution in [0.5, 0.6) is 0 Å². The second-order valence-corrected chi connectivity index (χ2v) is 7.10. The number of hydrogen-bond acceptors (Lipinski definition) is 6. The Kier molecular flexibility index (Phi) is 5.32. The number of aryl methyl sites for hydroxylation is 2. The molecule has 0 atom stereocenters. The van der Waals surface area contributed by atoms with Gasteiger partial charge >= 0.3 is 5.97 Å². The molecule has 0 unspecified atom stereocenters. The maximum Gasteiger partial charge on any atom is 0.339 e. The second kappa shape index (κ2) is 7.65. The Morgan fingerprint density at radius 3 is 2.85 bits per heavy atom. The lowest BCUT2D eigenvalue weighted by molar-refractivity contribution is -0.384. The molecule has 26 heavy (non-hydrogen) atoms. The van der Waals surface area contributed by atoms with Crippen molar-refractivity contribution in [2.45, 2.75) is 32.6 Å². The molecule has 7 nitrogen and oxygen atoms in total. The number of nitrogens with one attached hydrogen (secondary N) is 1. The highest BCUT2D eigenvalue weighted by Gasteiger charge is 2.22. The standard InChI is InChI=1S/C18H18N2O5S/c1-11-6-7-12(20(23)24)8-15(11)19-17(21)9-25-18(22)14-10-26-16-5-3-2-4-13(14)16/h6-8,10H,2-5,9H2,1H3,(H,19,21). The third-order valence-corrected chi connectivity index (χ3v) is 5.41. The normalized spacial score (nSPS) is 13.0. The van der Waals surface area contributed by atoms with E-state index in [1.165, 1.54) is 17.0 Å². The molecule has 0 spiro atoms. The summed E-state index contributed by atoms with van der Waals surface area (Å²) in [5, 5.41) is 15.2. The fourth-order valence-corrected chi connectivity index (χ4v) is 4.03. The molecule has 3 rings (SSSR count). The quantitative estimate of drug-likeness (QED) is 0.489. The molecule has 1 amide bonds. The van der Waals surface area contributed by atoms with Crippen LogP contribution in [0.2, 0.25) is 0 Å². The summed E-state index contributed by atoms with van der Waals surface area (Å²) in [5.74, 6) is -1.04. The van der Waals surface area contributed by atoms with E-state index in [2.05, 4.69) is 5.32 Å². The molecule has 0 fully saturated rings. The number of hydrogen-bond donors (Lipinski definition) is 1. The minimum Gasteiger partial charge on any atom is -0.452 e. The van der Waals surface area contributed by atoms with E-state index >= 15 is 0 Å². The number of rotatable bonds is 5. The lowest BCUT2D eigenvalue weighted by atomic mass is 9.96. The van der Waals surface area contributed by atoms with Gasteiger partial charge in [0.1, 0.15) is 0 Å². The van der Waals surface area contributed by atoms with Crippen LogP contribution >= 0.6 is 11.3 Å². The molecule has 1 aromatic heterocycles. The highest BCUT2D eigenvalue weighted by Crippen LogP contribution is 2.30. The van der Waals surface area contributed by atoms with Crippen molar-refractivity contribution >= 4 is 34.6 Å². The lowest BCUT2D eigenvalue weighted by Crippen LogP contribution is -2.21. The Morgan fingerprint density at radius 1 is 1.31 bits per heavy atom. The van der Waals surface area contributed by atoms with Crippen molar-refractivity contribution < 1.29 is 19.2 Å². The van der Waals surface area contributed by atoms with E-state index in [9.17, 15) is 19.7 Å². The summed E-state index contributed by atoms with van der Waals surface area (Å²) in [6.07, 6.45) is 4.03. The van der Waals surface area contributed by atoms with Crippen molar-refractivity contribution in [3.05, 3.63) is 55.3 Å². The summed E-state index contributed by atoms with van der Waals surface area (Å²) in [4.78, 5) is 35.8. The largest absolute Gasteiger partial charge is 0.452 e. The van der Waals surface area contributed by atoms with Gasteiger partial charge in [-0.15, -0.1) is 11.3 Å². The van der Waals surface area contributed by atoms with Crippen LogP contribution < -0.4 is 5.32 Å². The van der Waals surface area contributed by atoms with E-state index in [1.54, 1.807) is 29.7 Å². The first-order valence-corrected chi connectivity index (χ1v) is 9.15. The van der Waals surface area contributed by atoms with Gasteiger partial charge in [0.2, 0.25) is 0 Å². The number of benzene rings is 1. The third kappa shape index (κ3) is 3.91. The monoisotopic (exact) mass is 374 g/mol. The number of ether oxygens (including phenoxy) is 1. The molecule has 2 aromatic rings. The van der Waals surface area contributed by atoms with E-state index in [0.29, 0.717) is 16.8 Å². The van der Waals surface area contributed by atoms with Crippen molar-refractivity contribution in [2.24, 2.45) is 0 Å². The molecule has 0 aliphatic heterocycles. The predicted octanol–water partition coefficient (Wildman–Crippen LogP) is 3.64. The van der Waals surface area contributed by atoms with E-state index in [0.717, 1.165) is 31.2 Å². The zero-order valence-electron chi connectivity index (χ0n) is 14.2. The van der Waals surface area contributed by atoms with Gasteiger partial charge in [-0.05, 0) is 43.7 Å². The highest BCUT2D eigenvalue weighted by molar-refractivity contribution is 7.10. The van der Waals surface area contributed by atoms with Crippen molar-refractivity contribution in [1.82, 2.24) is 0 Å². The average Bonchev–Trinajstić information content (AvgIpc) is 3.05. The maximum atomic E-state index is 12.3. The fraction of sp³-hybridized carbons (Fsp3) is 0.333. The second-order valence-electron chi connectivity index (χ2n) is 6.14. The Labute approximate surface area is 154 Å². The first-order chi connectivity index (χ1) is 12.5. The molecule has 0 bridgehead atoms. The molecule has 1 N–H and O–H groups in total. The molecular weight excluding hydrogens is 356 g/mol. The number of carbonyl (C=O) groups excluding carboxylic acids is 2. The summed E-state index contributed by atoms with van der Waals surface area (Å²) >= 11 is 1.56. The highest BCUT2D eigenvalue weighted by atomic mass is 32.1. The van der Waals surface area contributed by atoms with Crippen molar-refractivity contribution in [2.75, 3.05) is 11.9 Å². The maximum absolute atomic E-state index is 12.3. The molecule has 1 aromatic carbocycles. The summed E-state index contributed by atoms with van der Waals surface area (Å²) < 4.78 is 5.13. The van der Waals surface area contributed by atoms with Crippen molar-refractivity contribution in [3.8, 4) is 0 Å². The van der Waals surface area contributed by atoms with Crippen LogP contribution in [0, 0.1) is 17.0 Å². The Morgan fingerprint density at radius 2 is 2.08 bits per heavy atom. The van der Waals surface area contributed by atoms with Crippen molar-refractivity contribution in [1.29, 1.82) is 0 Å². The first kappa shape index (κ1) is 18.1. The van der Waals surface area contributed by atoms with Crippen LogP contribution in [0.3, 0.4) is 0 Å². The van der Waals surface area contributed by atoms with E-state index in [4.69, 9.17) is 4.74 Å². The number of anilines is 1. The molecular formula is C18H18N2O5S. The summed E-state index contributed by atoms with van der Waals surface area (Å²) in [6, 6.07) is 4.20. The summed E-state index contributed by atoms with van der Waals surface area (Å²) in [6.45, 7) is 1.29. The number of esters is 1. The number of amides is 1. The Bertz CT molecular complexity index is 874. The summed E-state index contributed by atoms with van der Waals surface area (Å²) in [5.41, 5.74) is 2.48. The smallest absolute Gasteiger partial charge is 0.339 e. The number of nitro benzene ring substituents is 1. The van der Waals surface area contributed by atoms with Crippen LogP contribution in [-0.2, 0) is 22.4 Å². The van der Waals surface area contributed by atoms with Gasteiger partial charge < -0.3 is 10.1 Å². The van der Waals surface area contributed by atoms with Gasteiger partial charge in [-0.2, -0.15) is 0 Å². The van der Waals surface area contributed by atoms with Gasteiger partial charge in [0.25, 0.3) is 11.6 Å². The topological polar surface area (TPSA) is 98.5 Å². The number of fused-ring (bicyclic) bond motifs is 1. The summed E-state index contributed by atoms with van der Waals surface area (Å²) in [7, 11) is 0. The average molecular weight is 374 g/mol. The molecule has 1 aliphatic carbocycles. The van der Waals surface area contributed by atoms with Gasteiger partial charge in [-0.1, -0.05) is 6.07 Å². The SMILES string of the molecule is Cc1ccc([N+](=O)[O-])cc1NC(=O)COC(=O)c1csc2c1CCCC2. The molecule has 0 radical (unpaired) electrons. The molecule has 1 heterocycles. The predicted molar refractivity (Wildman–Crippen MR) is 97.7 cm³/mol. The molecule has 0 saturated carbocycles. The van der Waals surface area contributed by atoms with Crippen LogP contribution in [0.25, 0.3) is 0 Å². The van der Waals surface area contributed by atoms with Gasteiger partial charge in [0.05, 0.1) is 16.2 Å². The Hall–Kier alpha value is -2.74. The molecule has 0 saturated heterocycles. The van der Waals surface area contributed by atoms with Gasteiger partial charge in [0, 0.05) is 22.4 Å². The molecule has 1 aliphatic rings. The number of nitro groups is 1. The van der Waals surface area contributed by atoms with Gasteiger partial charge in [-0.3, -0.25) is 14.9 Å². The zero-order valence-corrected chi connectivity index (χ0v) is 15.1. The minimum absolute atomic E-state index is 0.118. The van der Waals surface area contributed by atoms with E-state index < -0.39 is 23.4 Å². The lowest BCUT2D eigenvalue weighted by Gasteiger charge is -2.12. The van der Waals surface area contributed by atoms with Gasteiger partial charge in [-0.25, -0.2) is 4.79 Å². The van der Waals surface area contributed by atoms with Crippen LogP contribution in [0.1, 0.15) is 39.2 Å². The number of carbonyl (C=O) groups is 2. The van der Waals surface area contributed by atoms with E-state index in [1.807, 2.05) is 0 Å².